The number of carbonyl (C=O) groups excluding carboxylic acids is 1. The van der Waals surface area contributed by atoms with Crippen LogP contribution in [-0.4, -0.2) is 30.1 Å². The zero-order valence-electron chi connectivity index (χ0n) is 13.8. The summed E-state index contributed by atoms with van der Waals surface area (Å²) in [7, 11) is 0. The molecule has 0 saturated carbocycles. The van der Waals surface area contributed by atoms with Gasteiger partial charge >= 0.3 is 0 Å². The smallest absolute Gasteiger partial charge is 0.271 e. The van der Waals surface area contributed by atoms with Crippen molar-refractivity contribution in [2.45, 2.75) is 19.4 Å². The van der Waals surface area contributed by atoms with Crippen LogP contribution in [0.15, 0.2) is 65.8 Å². The molecule has 0 spiro atoms. The molecule has 1 aliphatic heterocycles. The summed E-state index contributed by atoms with van der Waals surface area (Å²) in [5.41, 5.74) is 4.61. The lowest BCUT2D eigenvalue weighted by atomic mass is 9.98. The van der Waals surface area contributed by atoms with Crippen molar-refractivity contribution in [1.82, 2.24) is 10.3 Å². The molecular formula is C20H23N3O. The predicted octanol–water partition coefficient (Wildman–Crippen LogP) is 3.31. The highest BCUT2D eigenvalue weighted by Crippen LogP contribution is 2.17. The number of likely N-dealkylation sites (tertiary alicyclic amines) is 1. The van der Waals surface area contributed by atoms with Gasteiger partial charge in [-0.2, -0.15) is 5.10 Å². The summed E-state index contributed by atoms with van der Waals surface area (Å²) < 4.78 is 0. The highest BCUT2D eigenvalue weighted by atomic mass is 16.2. The summed E-state index contributed by atoms with van der Waals surface area (Å²) in [5, 5.41) is 4.14. The van der Waals surface area contributed by atoms with Crippen molar-refractivity contribution in [1.29, 1.82) is 0 Å². The minimum Gasteiger partial charge on any atom is -0.299 e. The summed E-state index contributed by atoms with van der Waals surface area (Å²) in [6.07, 6.45) is 4.05. The highest BCUT2D eigenvalue weighted by Gasteiger charge is 2.17. The normalized spacial score (nSPS) is 16.3. The van der Waals surface area contributed by atoms with Crippen LogP contribution in [0.5, 0.6) is 0 Å². The van der Waals surface area contributed by atoms with E-state index in [2.05, 4.69) is 45.8 Å². The Labute approximate surface area is 143 Å². The maximum absolute atomic E-state index is 11.9. The number of rotatable bonds is 5. The Morgan fingerprint density at radius 1 is 1.04 bits per heavy atom. The molecule has 1 fully saturated rings. The van der Waals surface area contributed by atoms with Crippen LogP contribution >= 0.6 is 0 Å². The van der Waals surface area contributed by atoms with Gasteiger partial charge in [-0.05, 0) is 49.5 Å². The van der Waals surface area contributed by atoms with Gasteiger partial charge in [-0.15, -0.1) is 0 Å². The summed E-state index contributed by atoms with van der Waals surface area (Å²) in [6.45, 7) is 3.14. The molecule has 0 radical (unpaired) electrons. The third-order valence-electron chi connectivity index (χ3n) is 4.37. The van der Waals surface area contributed by atoms with Crippen LogP contribution in [0.3, 0.4) is 0 Å². The number of nitrogens with zero attached hydrogens (tertiary/aromatic N) is 2. The highest BCUT2D eigenvalue weighted by molar-refractivity contribution is 5.94. The number of benzene rings is 2. The lowest BCUT2D eigenvalue weighted by molar-refractivity contribution is 0.0954. The molecule has 1 amide bonds. The van der Waals surface area contributed by atoms with Gasteiger partial charge in [0.05, 0.1) is 0 Å². The number of nitrogens with one attached hydrogen (secondary N) is 1. The molecule has 0 aliphatic carbocycles. The quantitative estimate of drug-likeness (QED) is 0.678. The number of piperidine rings is 1. The Kier molecular flexibility index (Phi) is 5.75. The summed E-state index contributed by atoms with van der Waals surface area (Å²) >= 11 is 0. The van der Waals surface area contributed by atoms with Gasteiger partial charge in [0, 0.05) is 18.3 Å². The van der Waals surface area contributed by atoms with E-state index in [1.54, 1.807) is 12.1 Å². The third-order valence-corrected chi connectivity index (χ3v) is 4.37. The van der Waals surface area contributed by atoms with Crippen LogP contribution in [-0.2, 0) is 6.54 Å². The molecule has 0 unspecified atom stereocenters. The van der Waals surface area contributed by atoms with E-state index in [9.17, 15) is 4.79 Å². The zero-order chi connectivity index (χ0) is 16.6. The second kappa shape index (κ2) is 8.41. The Hall–Kier alpha value is -2.46. The third kappa shape index (κ3) is 4.77. The summed E-state index contributed by atoms with van der Waals surface area (Å²) in [4.78, 5) is 14.4. The number of hydrazone groups is 1. The molecular weight excluding hydrogens is 298 g/mol. The monoisotopic (exact) mass is 321 g/mol. The molecule has 1 saturated heterocycles. The van der Waals surface area contributed by atoms with E-state index in [1.165, 1.54) is 5.56 Å². The Bertz CT molecular complexity index is 662. The molecule has 24 heavy (non-hydrogen) atoms. The molecule has 1 aliphatic rings. The molecule has 3 rings (SSSR count). The standard InChI is InChI=1S/C20H23N3O/c24-20(19-9-5-2-6-10-19)22-21-15-17-11-13-23(14-12-17)16-18-7-3-1-4-8-18/h1-10,15,17H,11-14,16H2,(H,22,24)/b21-15+. The van der Waals surface area contributed by atoms with Gasteiger partial charge in [0.25, 0.3) is 5.91 Å². The molecule has 2 aromatic carbocycles. The van der Waals surface area contributed by atoms with Gasteiger partial charge in [-0.25, -0.2) is 5.43 Å². The minimum atomic E-state index is -0.159. The van der Waals surface area contributed by atoms with Crippen molar-refractivity contribution < 1.29 is 4.79 Å². The van der Waals surface area contributed by atoms with E-state index in [1.807, 2.05) is 24.4 Å². The van der Waals surface area contributed by atoms with Crippen LogP contribution in [0.4, 0.5) is 0 Å². The average Bonchev–Trinajstić information content (AvgIpc) is 2.65. The molecule has 2 aromatic rings. The maximum atomic E-state index is 11.9. The van der Waals surface area contributed by atoms with E-state index in [0.29, 0.717) is 11.5 Å². The van der Waals surface area contributed by atoms with Crippen molar-refractivity contribution in [3.63, 3.8) is 0 Å². The second-order valence-corrected chi connectivity index (χ2v) is 6.18. The second-order valence-electron chi connectivity index (χ2n) is 6.18. The number of amides is 1. The van der Waals surface area contributed by atoms with E-state index >= 15 is 0 Å². The first-order chi connectivity index (χ1) is 11.8. The van der Waals surface area contributed by atoms with Crippen LogP contribution in [0.25, 0.3) is 0 Å². The zero-order valence-corrected chi connectivity index (χ0v) is 13.8. The number of carbonyl (C=O) groups is 1. The summed E-state index contributed by atoms with van der Waals surface area (Å²) in [5.74, 6) is 0.279. The van der Waals surface area contributed by atoms with E-state index < -0.39 is 0 Å². The van der Waals surface area contributed by atoms with Crippen molar-refractivity contribution >= 4 is 12.1 Å². The van der Waals surface area contributed by atoms with Crippen molar-refractivity contribution in [3.05, 3.63) is 71.8 Å². The first-order valence-electron chi connectivity index (χ1n) is 8.46. The summed E-state index contributed by atoms with van der Waals surface area (Å²) in [6, 6.07) is 19.7. The Balaban J connectivity index is 1.41. The predicted molar refractivity (Wildman–Crippen MR) is 96.8 cm³/mol. The maximum Gasteiger partial charge on any atom is 0.271 e. The Morgan fingerprint density at radius 2 is 1.67 bits per heavy atom. The van der Waals surface area contributed by atoms with E-state index in [-0.39, 0.29) is 5.91 Å². The van der Waals surface area contributed by atoms with E-state index in [4.69, 9.17) is 0 Å². The molecule has 124 valence electrons. The molecule has 0 aromatic heterocycles. The van der Waals surface area contributed by atoms with Gasteiger partial charge in [0.1, 0.15) is 0 Å². The van der Waals surface area contributed by atoms with Crippen molar-refractivity contribution in [2.75, 3.05) is 13.1 Å². The fourth-order valence-electron chi connectivity index (χ4n) is 2.96. The lowest BCUT2D eigenvalue weighted by Crippen LogP contribution is -2.34. The van der Waals surface area contributed by atoms with Crippen LogP contribution in [0.1, 0.15) is 28.8 Å². The minimum absolute atomic E-state index is 0.159. The molecule has 0 bridgehead atoms. The van der Waals surface area contributed by atoms with E-state index in [0.717, 1.165) is 32.5 Å². The van der Waals surface area contributed by atoms with Crippen LogP contribution in [0, 0.1) is 5.92 Å². The lowest BCUT2D eigenvalue weighted by Gasteiger charge is -2.30. The Morgan fingerprint density at radius 3 is 2.33 bits per heavy atom. The largest absolute Gasteiger partial charge is 0.299 e. The SMILES string of the molecule is O=C(N/N=C/C1CCN(Cc2ccccc2)CC1)c1ccccc1. The topological polar surface area (TPSA) is 44.7 Å². The molecule has 1 N–H and O–H groups in total. The van der Waals surface area contributed by atoms with Gasteiger partial charge < -0.3 is 0 Å². The number of hydrogen-bond acceptors (Lipinski definition) is 3. The van der Waals surface area contributed by atoms with Gasteiger partial charge in [0.2, 0.25) is 0 Å². The molecule has 0 atom stereocenters. The van der Waals surface area contributed by atoms with Crippen molar-refractivity contribution in [2.24, 2.45) is 11.0 Å². The van der Waals surface area contributed by atoms with Gasteiger partial charge in [-0.1, -0.05) is 48.5 Å². The van der Waals surface area contributed by atoms with Gasteiger partial charge in [0.15, 0.2) is 0 Å². The fourth-order valence-corrected chi connectivity index (χ4v) is 2.96. The molecule has 4 heteroatoms. The van der Waals surface area contributed by atoms with Crippen LogP contribution < -0.4 is 5.43 Å². The molecule has 4 nitrogen and oxygen atoms in total. The van der Waals surface area contributed by atoms with Crippen molar-refractivity contribution in [3.8, 4) is 0 Å². The number of hydrogen-bond donors (Lipinski definition) is 1. The van der Waals surface area contributed by atoms with Crippen LogP contribution in [0.2, 0.25) is 0 Å². The van der Waals surface area contributed by atoms with Gasteiger partial charge in [-0.3, -0.25) is 9.69 Å². The average molecular weight is 321 g/mol. The fraction of sp³-hybridized carbons (Fsp3) is 0.300. The first kappa shape index (κ1) is 16.4. The molecule has 1 heterocycles. The first-order valence-corrected chi connectivity index (χ1v) is 8.46.